The van der Waals surface area contributed by atoms with Gasteiger partial charge in [0.25, 0.3) is 0 Å². The molecule has 0 amide bonds. The molecule has 6 heteroatoms. The van der Waals surface area contributed by atoms with E-state index in [1.54, 1.807) is 12.1 Å². The van der Waals surface area contributed by atoms with Crippen molar-refractivity contribution in [1.82, 2.24) is 15.0 Å². The van der Waals surface area contributed by atoms with Gasteiger partial charge >= 0.3 is 5.69 Å². The summed E-state index contributed by atoms with van der Waals surface area (Å²) in [5.74, 6) is 0.166. The smallest absolute Gasteiger partial charge is 0.323 e. The zero-order chi connectivity index (χ0) is 14.1. The summed E-state index contributed by atoms with van der Waals surface area (Å²) >= 11 is 0. The van der Waals surface area contributed by atoms with Crippen LogP contribution >= 0.6 is 0 Å². The lowest BCUT2D eigenvalue weighted by Crippen LogP contribution is -2.02. The summed E-state index contributed by atoms with van der Waals surface area (Å²) in [4.78, 5) is 20.9. The molecule has 0 bridgehead atoms. The highest BCUT2D eigenvalue weighted by Gasteiger charge is 2.04. The van der Waals surface area contributed by atoms with Gasteiger partial charge in [-0.15, -0.1) is 0 Å². The van der Waals surface area contributed by atoms with Crippen molar-refractivity contribution in [2.24, 2.45) is 0 Å². The fraction of sp³-hybridized carbons (Fsp3) is 0.143. The largest absolute Gasteiger partial charge is 0.506 e. The summed E-state index contributed by atoms with van der Waals surface area (Å²) in [6.45, 7) is 2.28. The third kappa shape index (κ3) is 2.35. The molecule has 3 rings (SSSR count). The predicted molar refractivity (Wildman–Crippen MR) is 76.9 cm³/mol. The number of H-pyrrole nitrogens is 2. The SMILES string of the molecule is Cc1ccc(O)c(CNc2ccc3[nH]c(=O)[nH]c3c2)n1. The minimum absolute atomic E-state index is 0.166. The molecule has 0 spiro atoms. The second-order valence-electron chi connectivity index (χ2n) is 4.61. The molecular formula is C14H14N4O2. The Morgan fingerprint density at radius 1 is 1.20 bits per heavy atom. The molecular weight excluding hydrogens is 256 g/mol. The Morgan fingerprint density at radius 2 is 2.00 bits per heavy atom. The number of aromatic amines is 2. The molecule has 2 aromatic heterocycles. The Kier molecular flexibility index (Phi) is 2.90. The van der Waals surface area contributed by atoms with Crippen molar-refractivity contribution in [3.63, 3.8) is 0 Å². The molecule has 3 aromatic rings. The molecule has 102 valence electrons. The van der Waals surface area contributed by atoms with Gasteiger partial charge in [-0.1, -0.05) is 0 Å². The van der Waals surface area contributed by atoms with Gasteiger partial charge in [-0.25, -0.2) is 4.79 Å². The lowest BCUT2D eigenvalue weighted by Gasteiger charge is -2.08. The van der Waals surface area contributed by atoms with E-state index in [1.807, 2.05) is 25.1 Å². The monoisotopic (exact) mass is 270 g/mol. The molecule has 2 heterocycles. The highest BCUT2D eigenvalue weighted by molar-refractivity contribution is 5.78. The van der Waals surface area contributed by atoms with Crippen LogP contribution in [0.4, 0.5) is 5.69 Å². The number of fused-ring (bicyclic) bond motifs is 1. The summed E-state index contributed by atoms with van der Waals surface area (Å²) in [5.41, 5.74) is 3.56. The number of rotatable bonds is 3. The third-order valence-corrected chi connectivity index (χ3v) is 3.07. The van der Waals surface area contributed by atoms with Crippen molar-refractivity contribution in [2.75, 3.05) is 5.32 Å². The number of benzene rings is 1. The van der Waals surface area contributed by atoms with Crippen LogP contribution in [0.3, 0.4) is 0 Å². The quantitative estimate of drug-likeness (QED) is 0.584. The molecule has 0 unspecified atom stereocenters. The third-order valence-electron chi connectivity index (χ3n) is 3.07. The maximum atomic E-state index is 11.2. The Bertz CT molecular complexity index is 819. The average Bonchev–Trinajstić information content (AvgIpc) is 2.79. The highest BCUT2D eigenvalue weighted by atomic mass is 16.3. The van der Waals surface area contributed by atoms with Gasteiger partial charge in [0.15, 0.2) is 0 Å². The van der Waals surface area contributed by atoms with Crippen LogP contribution in [0.1, 0.15) is 11.4 Å². The van der Waals surface area contributed by atoms with Crippen molar-refractivity contribution in [1.29, 1.82) is 0 Å². The average molecular weight is 270 g/mol. The molecule has 0 saturated heterocycles. The highest BCUT2D eigenvalue weighted by Crippen LogP contribution is 2.18. The van der Waals surface area contributed by atoms with E-state index in [9.17, 15) is 9.90 Å². The number of aryl methyl sites for hydroxylation is 1. The number of nitrogens with one attached hydrogen (secondary N) is 3. The van der Waals surface area contributed by atoms with Gasteiger partial charge in [-0.05, 0) is 37.3 Å². The van der Waals surface area contributed by atoms with Crippen molar-refractivity contribution in [2.45, 2.75) is 13.5 Å². The van der Waals surface area contributed by atoms with E-state index in [2.05, 4.69) is 20.3 Å². The molecule has 0 atom stereocenters. The van der Waals surface area contributed by atoms with E-state index in [0.29, 0.717) is 12.2 Å². The number of hydrogen-bond acceptors (Lipinski definition) is 4. The number of aromatic hydroxyl groups is 1. The van der Waals surface area contributed by atoms with Crippen LogP contribution in [-0.4, -0.2) is 20.1 Å². The van der Waals surface area contributed by atoms with Crippen LogP contribution < -0.4 is 11.0 Å². The molecule has 0 aliphatic carbocycles. The predicted octanol–water partition coefficient (Wildman–Crippen LogP) is 1.88. The fourth-order valence-corrected chi connectivity index (χ4v) is 2.06. The molecule has 0 aliphatic heterocycles. The number of imidazole rings is 1. The lowest BCUT2D eigenvalue weighted by molar-refractivity contribution is 0.464. The van der Waals surface area contributed by atoms with Gasteiger partial charge in [-0.2, -0.15) is 0 Å². The normalized spacial score (nSPS) is 10.8. The van der Waals surface area contributed by atoms with E-state index in [0.717, 1.165) is 22.4 Å². The zero-order valence-electron chi connectivity index (χ0n) is 10.9. The number of anilines is 1. The molecule has 4 N–H and O–H groups in total. The van der Waals surface area contributed by atoms with Crippen LogP contribution in [0.15, 0.2) is 35.1 Å². The standard InChI is InChI=1S/C14H14N4O2/c1-8-2-5-13(19)12(16-8)7-15-9-3-4-10-11(6-9)18-14(20)17-10/h2-6,15,19H,7H2,1H3,(H2,17,18,20). The number of hydrogen-bond donors (Lipinski definition) is 4. The second kappa shape index (κ2) is 4.73. The molecule has 6 nitrogen and oxygen atoms in total. The first-order valence-electron chi connectivity index (χ1n) is 6.23. The van der Waals surface area contributed by atoms with Crippen LogP contribution in [0.5, 0.6) is 5.75 Å². The van der Waals surface area contributed by atoms with Gasteiger partial charge in [0.2, 0.25) is 0 Å². The fourth-order valence-electron chi connectivity index (χ4n) is 2.06. The summed E-state index contributed by atoms with van der Waals surface area (Å²) in [6, 6.07) is 8.90. The summed E-state index contributed by atoms with van der Waals surface area (Å²) in [6.07, 6.45) is 0. The molecule has 0 fully saturated rings. The Hall–Kier alpha value is -2.76. The van der Waals surface area contributed by atoms with E-state index in [1.165, 1.54) is 0 Å². The minimum atomic E-state index is -0.227. The van der Waals surface area contributed by atoms with E-state index >= 15 is 0 Å². The zero-order valence-corrected chi connectivity index (χ0v) is 10.9. The number of pyridine rings is 1. The van der Waals surface area contributed by atoms with Crippen molar-refractivity contribution < 1.29 is 5.11 Å². The molecule has 0 aliphatic rings. The van der Waals surface area contributed by atoms with Crippen molar-refractivity contribution >= 4 is 16.7 Å². The van der Waals surface area contributed by atoms with E-state index < -0.39 is 0 Å². The van der Waals surface area contributed by atoms with Crippen molar-refractivity contribution in [3.8, 4) is 5.75 Å². The topological polar surface area (TPSA) is 93.8 Å². The summed E-state index contributed by atoms with van der Waals surface area (Å²) in [7, 11) is 0. The summed E-state index contributed by atoms with van der Waals surface area (Å²) < 4.78 is 0. The minimum Gasteiger partial charge on any atom is -0.506 e. The van der Waals surface area contributed by atoms with Crippen molar-refractivity contribution in [3.05, 3.63) is 52.2 Å². The molecule has 1 aromatic carbocycles. The Labute approximate surface area is 114 Å². The lowest BCUT2D eigenvalue weighted by atomic mass is 10.2. The van der Waals surface area contributed by atoms with Crippen LogP contribution in [0, 0.1) is 6.92 Å². The van der Waals surface area contributed by atoms with Crippen LogP contribution in [0.2, 0.25) is 0 Å². The maximum absolute atomic E-state index is 11.2. The number of nitrogens with zero attached hydrogens (tertiary/aromatic N) is 1. The van der Waals surface area contributed by atoms with Gasteiger partial charge in [-0.3, -0.25) is 4.98 Å². The number of aromatic nitrogens is 3. The van der Waals surface area contributed by atoms with Gasteiger partial charge in [0.05, 0.1) is 17.6 Å². The first-order valence-corrected chi connectivity index (χ1v) is 6.23. The van der Waals surface area contributed by atoms with Gasteiger partial charge in [0.1, 0.15) is 11.4 Å². The maximum Gasteiger partial charge on any atom is 0.323 e. The Morgan fingerprint density at radius 3 is 2.85 bits per heavy atom. The van der Waals surface area contributed by atoms with E-state index in [4.69, 9.17) is 0 Å². The van der Waals surface area contributed by atoms with E-state index in [-0.39, 0.29) is 11.4 Å². The first kappa shape index (κ1) is 12.3. The Balaban J connectivity index is 1.82. The molecule has 20 heavy (non-hydrogen) atoms. The first-order chi connectivity index (χ1) is 9.61. The molecule has 0 radical (unpaired) electrons. The van der Waals surface area contributed by atoms with Crippen LogP contribution in [0.25, 0.3) is 11.0 Å². The summed E-state index contributed by atoms with van der Waals surface area (Å²) in [5, 5.41) is 12.9. The molecule has 0 saturated carbocycles. The second-order valence-corrected chi connectivity index (χ2v) is 4.61. The van der Waals surface area contributed by atoms with Crippen LogP contribution in [-0.2, 0) is 6.54 Å². The van der Waals surface area contributed by atoms with Gasteiger partial charge < -0.3 is 20.4 Å². The van der Waals surface area contributed by atoms with Gasteiger partial charge in [0, 0.05) is 11.4 Å².